The minimum absolute atomic E-state index is 0.0986. The van der Waals surface area contributed by atoms with Crippen molar-refractivity contribution in [2.45, 2.75) is 19.4 Å². The minimum Gasteiger partial charge on any atom is -0.480 e. The van der Waals surface area contributed by atoms with E-state index in [0.717, 1.165) is 5.56 Å². The van der Waals surface area contributed by atoms with Crippen molar-refractivity contribution >= 4 is 29.7 Å². The quantitative estimate of drug-likeness (QED) is 0.345. The van der Waals surface area contributed by atoms with E-state index >= 15 is 0 Å². The van der Waals surface area contributed by atoms with Crippen LogP contribution in [0.25, 0.3) is 0 Å². The molecule has 0 unspecified atom stereocenters. The number of hydrogen-bond donors (Lipinski definition) is 3. The van der Waals surface area contributed by atoms with Crippen molar-refractivity contribution in [1.82, 2.24) is 24.9 Å². The fourth-order valence-electron chi connectivity index (χ4n) is 4.32. The van der Waals surface area contributed by atoms with Crippen molar-refractivity contribution in [2.24, 2.45) is 0 Å². The van der Waals surface area contributed by atoms with E-state index in [1.54, 1.807) is 12.1 Å². The molecule has 1 aromatic carbocycles. The molecule has 0 spiro atoms. The molecule has 196 valence electrons. The van der Waals surface area contributed by atoms with Crippen LogP contribution in [-0.2, 0) is 25.7 Å². The van der Waals surface area contributed by atoms with Gasteiger partial charge in [-0.25, -0.2) is 0 Å². The Bertz CT molecular complexity index is 924. The SMILES string of the molecule is O=C(O)CN1CCN(CC(=O)O)CCN(Cc2ccc(C(=O)NCCN3C(=O)CCC3=O)cc2)CC1. The van der Waals surface area contributed by atoms with Crippen molar-refractivity contribution in [3.05, 3.63) is 35.4 Å². The van der Waals surface area contributed by atoms with Crippen LogP contribution in [0.2, 0.25) is 0 Å². The van der Waals surface area contributed by atoms with Gasteiger partial charge in [-0.1, -0.05) is 12.1 Å². The first-order chi connectivity index (χ1) is 17.2. The largest absolute Gasteiger partial charge is 0.480 e. The molecule has 1 aromatic rings. The molecule has 3 N–H and O–H groups in total. The van der Waals surface area contributed by atoms with E-state index in [2.05, 4.69) is 10.2 Å². The Morgan fingerprint density at radius 2 is 1.22 bits per heavy atom. The topological polar surface area (TPSA) is 151 Å². The van der Waals surface area contributed by atoms with Crippen LogP contribution in [0.5, 0.6) is 0 Å². The number of carboxylic acids is 2. The van der Waals surface area contributed by atoms with Gasteiger partial charge in [-0.2, -0.15) is 0 Å². The van der Waals surface area contributed by atoms with Gasteiger partial charge in [-0.3, -0.25) is 43.6 Å². The van der Waals surface area contributed by atoms with Crippen molar-refractivity contribution in [2.75, 3.05) is 65.4 Å². The molecule has 2 aliphatic heterocycles. The molecular formula is C24H33N5O7. The lowest BCUT2D eigenvalue weighted by Crippen LogP contribution is -2.40. The molecule has 0 atom stereocenters. The van der Waals surface area contributed by atoms with Crippen molar-refractivity contribution in [1.29, 1.82) is 0 Å². The number of rotatable bonds is 10. The molecule has 0 bridgehead atoms. The molecule has 12 nitrogen and oxygen atoms in total. The number of imide groups is 1. The van der Waals surface area contributed by atoms with E-state index in [1.165, 1.54) is 4.90 Å². The normalized spacial score (nSPS) is 18.5. The summed E-state index contributed by atoms with van der Waals surface area (Å²) in [6.07, 6.45) is 0.445. The molecule has 3 rings (SSSR count). The van der Waals surface area contributed by atoms with Gasteiger partial charge in [0.15, 0.2) is 0 Å². The van der Waals surface area contributed by atoms with E-state index in [4.69, 9.17) is 0 Å². The highest BCUT2D eigenvalue weighted by molar-refractivity contribution is 6.02. The number of aliphatic carboxylic acids is 2. The van der Waals surface area contributed by atoms with Gasteiger partial charge in [-0.05, 0) is 17.7 Å². The number of carbonyl (C=O) groups is 5. The van der Waals surface area contributed by atoms with Crippen LogP contribution in [0.15, 0.2) is 24.3 Å². The van der Waals surface area contributed by atoms with Gasteiger partial charge in [0.2, 0.25) is 11.8 Å². The van der Waals surface area contributed by atoms with E-state index in [0.29, 0.717) is 51.4 Å². The van der Waals surface area contributed by atoms with E-state index < -0.39 is 11.9 Å². The maximum absolute atomic E-state index is 12.4. The van der Waals surface area contributed by atoms with Gasteiger partial charge in [0.25, 0.3) is 5.91 Å². The summed E-state index contributed by atoms with van der Waals surface area (Å²) in [5.74, 6) is -2.56. The summed E-state index contributed by atoms with van der Waals surface area (Å²) < 4.78 is 0. The van der Waals surface area contributed by atoms with Crippen LogP contribution in [-0.4, -0.2) is 125 Å². The van der Waals surface area contributed by atoms with E-state index in [1.807, 2.05) is 21.9 Å². The third-order valence-electron chi connectivity index (χ3n) is 6.31. The summed E-state index contributed by atoms with van der Waals surface area (Å²) in [7, 11) is 0. The van der Waals surface area contributed by atoms with E-state index in [-0.39, 0.29) is 56.7 Å². The highest BCUT2D eigenvalue weighted by Crippen LogP contribution is 2.12. The maximum atomic E-state index is 12.4. The van der Waals surface area contributed by atoms with Gasteiger partial charge in [0.05, 0.1) is 13.1 Å². The number of hydrogen-bond acceptors (Lipinski definition) is 8. The molecule has 0 aromatic heterocycles. The summed E-state index contributed by atoms with van der Waals surface area (Å²) in [5.41, 5.74) is 1.43. The Morgan fingerprint density at radius 1 is 0.750 bits per heavy atom. The van der Waals surface area contributed by atoms with Gasteiger partial charge < -0.3 is 15.5 Å². The molecule has 0 aliphatic carbocycles. The molecule has 36 heavy (non-hydrogen) atoms. The smallest absolute Gasteiger partial charge is 0.317 e. The Balaban J connectivity index is 1.54. The third-order valence-corrected chi connectivity index (χ3v) is 6.31. The number of carboxylic acid groups (broad SMARTS) is 2. The van der Waals surface area contributed by atoms with Gasteiger partial charge in [-0.15, -0.1) is 0 Å². The molecule has 2 fully saturated rings. The van der Waals surface area contributed by atoms with Crippen LogP contribution in [0.4, 0.5) is 0 Å². The minimum atomic E-state index is -0.918. The first-order valence-corrected chi connectivity index (χ1v) is 12.0. The molecule has 0 saturated carbocycles. The highest BCUT2D eigenvalue weighted by atomic mass is 16.4. The zero-order chi connectivity index (χ0) is 26.1. The number of benzene rings is 1. The van der Waals surface area contributed by atoms with Crippen LogP contribution < -0.4 is 5.32 Å². The highest BCUT2D eigenvalue weighted by Gasteiger charge is 2.28. The zero-order valence-corrected chi connectivity index (χ0v) is 20.2. The lowest BCUT2D eigenvalue weighted by Gasteiger charge is -2.25. The average Bonchev–Trinajstić information content (AvgIpc) is 3.18. The Hall–Kier alpha value is -3.35. The fraction of sp³-hybridized carbons (Fsp3) is 0.542. The molecule has 12 heteroatoms. The second-order valence-corrected chi connectivity index (χ2v) is 9.01. The molecular weight excluding hydrogens is 470 g/mol. The monoisotopic (exact) mass is 503 g/mol. The second-order valence-electron chi connectivity index (χ2n) is 9.01. The second kappa shape index (κ2) is 13.1. The third kappa shape index (κ3) is 8.40. The summed E-state index contributed by atoms with van der Waals surface area (Å²) in [6, 6.07) is 7.11. The van der Waals surface area contributed by atoms with Crippen molar-refractivity contribution < 1.29 is 34.2 Å². The molecule has 2 heterocycles. The van der Waals surface area contributed by atoms with Crippen LogP contribution in [0.1, 0.15) is 28.8 Å². The number of nitrogens with one attached hydrogen (secondary N) is 1. The zero-order valence-electron chi connectivity index (χ0n) is 20.2. The summed E-state index contributed by atoms with van der Waals surface area (Å²) in [5, 5.41) is 21.1. The number of likely N-dealkylation sites (tertiary alicyclic amines) is 1. The predicted octanol–water partition coefficient (Wildman–Crippen LogP) is -0.846. The van der Waals surface area contributed by atoms with Gasteiger partial charge in [0.1, 0.15) is 0 Å². The van der Waals surface area contributed by atoms with E-state index in [9.17, 15) is 34.2 Å². The Morgan fingerprint density at radius 3 is 1.69 bits per heavy atom. The lowest BCUT2D eigenvalue weighted by atomic mass is 10.1. The predicted molar refractivity (Wildman–Crippen MR) is 128 cm³/mol. The molecule has 2 saturated heterocycles. The average molecular weight is 504 g/mol. The van der Waals surface area contributed by atoms with Crippen molar-refractivity contribution in [3.8, 4) is 0 Å². The number of nitrogens with zero attached hydrogens (tertiary/aromatic N) is 4. The van der Waals surface area contributed by atoms with Gasteiger partial charge >= 0.3 is 11.9 Å². The summed E-state index contributed by atoms with van der Waals surface area (Å²) in [6.45, 7) is 4.05. The lowest BCUT2D eigenvalue weighted by molar-refractivity contribution is -0.140. The fourth-order valence-corrected chi connectivity index (χ4v) is 4.32. The number of carbonyl (C=O) groups excluding carboxylic acids is 3. The molecule has 3 amide bonds. The standard InChI is InChI=1S/C24H33N5O7/c30-20-5-6-21(31)29(20)8-7-25-24(36)19-3-1-18(2-4-19)15-26-9-11-27(16-22(32)33)13-14-28(12-10-26)17-23(34)35/h1-4H,5-17H2,(H,25,36)(H,32,33)(H,34,35). The Labute approximate surface area is 209 Å². The van der Waals surface area contributed by atoms with Crippen LogP contribution in [0.3, 0.4) is 0 Å². The summed E-state index contributed by atoms with van der Waals surface area (Å²) >= 11 is 0. The van der Waals surface area contributed by atoms with Crippen LogP contribution in [0, 0.1) is 0 Å². The Kier molecular flexibility index (Phi) is 9.91. The number of amides is 3. The first kappa shape index (κ1) is 27.2. The maximum Gasteiger partial charge on any atom is 0.317 e. The first-order valence-electron chi connectivity index (χ1n) is 12.0. The van der Waals surface area contributed by atoms with Crippen LogP contribution >= 0.6 is 0 Å². The summed E-state index contributed by atoms with van der Waals surface area (Å²) in [4.78, 5) is 65.1. The molecule has 0 radical (unpaired) electrons. The molecule has 2 aliphatic rings. The van der Waals surface area contributed by atoms with Gasteiger partial charge in [0, 0.05) is 77.3 Å². The van der Waals surface area contributed by atoms with Crippen molar-refractivity contribution in [3.63, 3.8) is 0 Å².